The van der Waals surface area contributed by atoms with Crippen LogP contribution in [0.1, 0.15) is 20.0 Å². The highest BCUT2D eigenvalue weighted by atomic mass is 32.1. The molecule has 2 N–H and O–H groups in total. The smallest absolute Gasteiger partial charge is 0.267 e. The lowest BCUT2D eigenvalue weighted by Gasteiger charge is -2.07. The third kappa shape index (κ3) is 3.64. The van der Waals surface area contributed by atoms with Gasteiger partial charge in [0.25, 0.3) is 11.8 Å². The fraction of sp³-hybridized carbons (Fsp3) is 0. The van der Waals surface area contributed by atoms with Crippen molar-refractivity contribution in [2.24, 2.45) is 0 Å². The Morgan fingerprint density at radius 3 is 2.00 bits per heavy atom. The van der Waals surface area contributed by atoms with Gasteiger partial charge in [-0.1, -0.05) is 48.5 Å². The number of benzene rings is 2. The Kier molecular flexibility index (Phi) is 4.49. The first-order valence-electron chi connectivity index (χ1n) is 7.04. The van der Waals surface area contributed by atoms with Gasteiger partial charge in [-0.2, -0.15) is 0 Å². The molecule has 0 unspecified atom stereocenters. The fourth-order valence-electron chi connectivity index (χ4n) is 2.10. The minimum atomic E-state index is -0.352. The number of hydrogen-bond donors (Lipinski definition) is 2. The van der Waals surface area contributed by atoms with Gasteiger partial charge in [-0.05, 0) is 34.7 Å². The molecule has 0 saturated carbocycles. The Bertz CT molecular complexity index is 797. The zero-order valence-electron chi connectivity index (χ0n) is 12.2. The first-order valence-corrected chi connectivity index (χ1v) is 7.92. The van der Waals surface area contributed by atoms with Crippen LogP contribution in [0.15, 0.2) is 72.1 Å². The number of hydrazine groups is 1. The van der Waals surface area contributed by atoms with Crippen LogP contribution in [0, 0.1) is 0 Å². The first kappa shape index (κ1) is 15.0. The average Bonchev–Trinajstić information content (AvgIpc) is 3.15. The maximum Gasteiger partial charge on any atom is 0.279 e. The van der Waals surface area contributed by atoms with Gasteiger partial charge in [0.05, 0.1) is 4.88 Å². The highest BCUT2D eigenvalue weighted by molar-refractivity contribution is 7.12. The average molecular weight is 322 g/mol. The van der Waals surface area contributed by atoms with E-state index >= 15 is 0 Å². The number of thiophene rings is 1. The van der Waals surface area contributed by atoms with E-state index in [2.05, 4.69) is 10.9 Å². The lowest BCUT2D eigenvalue weighted by atomic mass is 10.0. The highest BCUT2D eigenvalue weighted by Crippen LogP contribution is 2.19. The van der Waals surface area contributed by atoms with Crippen LogP contribution < -0.4 is 10.9 Å². The molecule has 114 valence electrons. The maximum atomic E-state index is 12.0. The van der Waals surface area contributed by atoms with Crippen LogP contribution >= 0.6 is 11.3 Å². The van der Waals surface area contributed by atoms with Crippen LogP contribution in [0.2, 0.25) is 0 Å². The van der Waals surface area contributed by atoms with Gasteiger partial charge in [-0.3, -0.25) is 20.4 Å². The van der Waals surface area contributed by atoms with E-state index in [0.29, 0.717) is 10.4 Å². The summed E-state index contributed by atoms with van der Waals surface area (Å²) in [4.78, 5) is 24.4. The summed E-state index contributed by atoms with van der Waals surface area (Å²) in [6.07, 6.45) is 0. The van der Waals surface area contributed by atoms with Crippen molar-refractivity contribution in [3.8, 4) is 11.1 Å². The molecular weight excluding hydrogens is 308 g/mol. The topological polar surface area (TPSA) is 58.2 Å². The Morgan fingerprint density at radius 1 is 0.696 bits per heavy atom. The molecular formula is C18H14N2O2S. The molecule has 0 aliphatic heterocycles. The standard InChI is InChI=1S/C18H14N2O2S/c21-17(19-20-18(22)16-7-4-12-23-16)15-10-8-14(9-11-15)13-5-2-1-3-6-13/h1-12H,(H,19,21)(H,20,22). The molecule has 0 atom stereocenters. The third-order valence-electron chi connectivity index (χ3n) is 3.29. The van der Waals surface area contributed by atoms with E-state index in [0.717, 1.165) is 11.1 Å². The second kappa shape index (κ2) is 6.89. The van der Waals surface area contributed by atoms with Crippen molar-refractivity contribution in [1.29, 1.82) is 0 Å². The van der Waals surface area contributed by atoms with Crippen LogP contribution in [0.4, 0.5) is 0 Å². The molecule has 0 spiro atoms. The van der Waals surface area contributed by atoms with Gasteiger partial charge in [0, 0.05) is 5.56 Å². The number of nitrogens with one attached hydrogen (secondary N) is 2. The van der Waals surface area contributed by atoms with Gasteiger partial charge in [-0.25, -0.2) is 0 Å². The minimum Gasteiger partial charge on any atom is -0.267 e. The molecule has 0 fully saturated rings. The summed E-state index contributed by atoms with van der Waals surface area (Å²) in [6, 6.07) is 20.6. The van der Waals surface area contributed by atoms with Crippen LogP contribution in [-0.2, 0) is 0 Å². The van der Waals surface area contributed by atoms with Crippen molar-refractivity contribution in [2.45, 2.75) is 0 Å². The predicted octanol–water partition coefficient (Wildman–Crippen LogP) is 3.49. The van der Waals surface area contributed by atoms with Crippen LogP contribution in [0.25, 0.3) is 11.1 Å². The second-order valence-corrected chi connectivity index (χ2v) is 5.78. The molecule has 3 aromatic rings. The molecule has 23 heavy (non-hydrogen) atoms. The lowest BCUT2D eigenvalue weighted by molar-refractivity contribution is 0.0849. The summed E-state index contributed by atoms with van der Waals surface area (Å²) in [6.45, 7) is 0. The van der Waals surface area contributed by atoms with Crippen molar-refractivity contribution in [3.05, 3.63) is 82.6 Å². The molecule has 5 heteroatoms. The maximum absolute atomic E-state index is 12.0. The van der Waals surface area contributed by atoms with Crippen molar-refractivity contribution >= 4 is 23.2 Å². The third-order valence-corrected chi connectivity index (χ3v) is 4.16. The normalized spacial score (nSPS) is 10.1. The molecule has 3 rings (SSSR count). The number of rotatable bonds is 3. The lowest BCUT2D eigenvalue weighted by Crippen LogP contribution is -2.41. The van der Waals surface area contributed by atoms with Gasteiger partial charge >= 0.3 is 0 Å². The molecule has 2 aromatic carbocycles. The molecule has 1 heterocycles. The van der Waals surface area contributed by atoms with Crippen LogP contribution in [0.5, 0.6) is 0 Å². The Balaban J connectivity index is 1.63. The van der Waals surface area contributed by atoms with Crippen molar-refractivity contribution in [1.82, 2.24) is 10.9 Å². The van der Waals surface area contributed by atoms with E-state index in [9.17, 15) is 9.59 Å². The van der Waals surface area contributed by atoms with Gasteiger partial charge in [0.2, 0.25) is 0 Å². The van der Waals surface area contributed by atoms with E-state index in [-0.39, 0.29) is 11.8 Å². The number of amides is 2. The molecule has 0 saturated heterocycles. The number of hydrogen-bond acceptors (Lipinski definition) is 3. The van der Waals surface area contributed by atoms with Crippen molar-refractivity contribution < 1.29 is 9.59 Å². The molecule has 2 amide bonds. The minimum absolute atomic E-state index is 0.325. The zero-order chi connectivity index (χ0) is 16.1. The summed E-state index contributed by atoms with van der Waals surface area (Å²) in [5, 5.41) is 1.80. The predicted molar refractivity (Wildman–Crippen MR) is 91.1 cm³/mol. The summed E-state index contributed by atoms with van der Waals surface area (Å²) in [5.41, 5.74) is 7.42. The van der Waals surface area contributed by atoms with Crippen LogP contribution in [0.3, 0.4) is 0 Å². The largest absolute Gasteiger partial charge is 0.279 e. The van der Waals surface area contributed by atoms with Crippen molar-refractivity contribution in [3.63, 3.8) is 0 Å². The van der Waals surface area contributed by atoms with Gasteiger partial charge in [0.15, 0.2) is 0 Å². The number of carbonyl (C=O) groups is 2. The van der Waals surface area contributed by atoms with Gasteiger partial charge < -0.3 is 0 Å². The molecule has 0 aliphatic rings. The molecule has 1 aromatic heterocycles. The quantitative estimate of drug-likeness (QED) is 0.725. The second-order valence-electron chi connectivity index (χ2n) is 4.83. The Labute approximate surface area is 137 Å². The Morgan fingerprint density at radius 2 is 1.35 bits per heavy atom. The molecule has 0 radical (unpaired) electrons. The SMILES string of the molecule is O=C(NNC(=O)c1cccs1)c1ccc(-c2ccccc2)cc1. The monoisotopic (exact) mass is 322 g/mol. The Hall–Kier alpha value is -2.92. The number of carbonyl (C=O) groups excluding carboxylic acids is 2. The van der Waals surface area contributed by atoms with E-state index in [1.54, 1.807) is 29.6 Å². The van der Waals surface area contributed by atoms with Gasteiger partial charge in [0.1, 0.15) is 0 Å². The van der Waals surface area contributed by atoms with E-state index in [1.807, 2.05) is 42.5 Å². The first-order chi connectivity index (χ1) is 11.2. The van der Waals surface area contributed by atoms with Crippen LogP contribution in [-0.4, -0.2) is 11.8 Å². The summed E-state index contributed by atoms with van der Waals surface area (Å²) >= 11 is 1.31. The summed E-state index contributed by atoms with van der Waals surface area (Å²) < 4.78 is 0. The van der Waals surface area contributed by atoms with Gasteiger partial charge in [-0.15, -0.1) is 11.3 Å². The molecule has 0 aliphatic carbocycles. The van der Waals surface area contributed by atoms with Crippen molar-refractivity contribution in [2.75, 3.05) is 0 Å². The molecule has 4 nitrogen and oxygen atoms in total. The van der Waals surface area contributed by atoms with E-state index in [4.69, 9.17) is 0 Å². The molecule has 0 bridgehead atoms. The fourth-order valence-corrected chi connectivity index (χ4v) is 2.72. The van der Waals surface area contributed by atoms with E-state index < -0.39 is 0 Å². The zero-order valence-corrected chi connectivity index (χ0v) is 13.0. The highest BCUT2D eigenvalue weighted by Gasteiger charge is 2.09. The summed E-state index contributed by atoms with van der Waals surface area (Å²) in [7, 11) is 0. The van der Waals surface area contributed by atoms with E-state index in [1.165, 1.54) is 11.3 Å². The summed E-state index contributed by atoms with van der Waals surface area (Å²) in [5.74, 6) is -0.677.